The predicted octanol–water partition coefficient (Wildman–Crippen LogP) is 3.31. The van der Waals surface area contributed by atoms with Gasteiger partial charge in [0.1, 0.15) is 11.6 Å². The zero-order chi connectivity index (χ0) is 13.9. The Labute approximate surface area is 115 Å². The SMILES string of the molecule is COc1cc2c(cc1C=Nc1ccc(F)cc1)OCO2. The van der Waals surface area contributed by atoms with Crippen LogP contribution in [0.4, 0.5) is 10.1 Å². The van der Waals surface area contributed by atoms with E-state index in [1.165, 1.54) is 12.1 Å². The van der Waals surface area contributed by atoms with Crippen molar-refractivity contribution in [2.45, 2.75) is 0 Å². The van der Waals surface area contributed by atoms with Crippen molar-refractivity contribution in [1.29, 1.82) is 0 Å². The molecule has 1 aliphatic rings. The topological polar surface area (TPSA) is 40.0 Å². The van der Waals surface area contributed by atoms with Crippen molar-refractivity contribution in [2.75, 3.05) is 13.9 Å². The molecule has 0 unspecified atom stereocenters. The van der Waals surface area contributed by atoms with Crippen molar-refractivity contribution in [3.8, 4) is 17.2 Å². The van der Waals surface area contributed by atoms with E-state index < -0.39 is 0 Å². The average Bonchev–Trinajstić information content (AvgIpc) is 2.92. The molecular formula is C15H12FNO3. The monoisotopic (exact) mass is 273 g/mol. The maximum atomic E-state index is 12.8. The molecule has 20 heavy (non-hydrogen) atoms. The van der Waals surface area contributed by atoms with Gasteiger partial charge in [-0.1, -0.05) is 0 Å². The lowest BCUT2D eigenvalue weighted by atomic mass is 10.2. The van der Waals surface area contributed by atoms with Crippen LogP contribution in [0.2, 0.25) is 0 Å². The van der Waals surface area contributed by atoms with Gasteiger partial charge < -0.3 is 14.2 Å². The Morgan fingerprint density at radius 2 is 1.85 bits per heavy atom. The van der Waals surface area contributed by atoms with Gasteiger partial charge in [-0.05, 0) is 30.3 Å². The molecule has 0 fully saturated rings. The summed E-state index contributed by atoms with van der Waals surface area (Å²) in [7, 11) is 1.58. The molecule has 3 rings (SSSR count). The molecule has 2 aromatic carbocycles. The number of rotatable bonds is 3. The van der Waals surface area contributed by atoms with E-state index in [4.69, 9.17) is 14.2 Å². The Kier molecular flexibility index (Phi) is 3.25. The molecule has 0 N–H and O–H groups in total. The molecular weight excluding hydrogens is 261 g/mol. The van der Waals surface area contributed by atoms with E-state index in [0.29, 0.717) is 22.9 Å². The minimum absolute atomic E-state index is 0.205. The Hall–Kier alpha value is -2.56. The molecule has 4 nitrogen and oxygen atoms in total. The second kappa shape index (κ2) is 5.21. The summed E-state index contributed by atoms with van der Waals surface area (Å²) in [6.45, 7) is 0.205. The van der Waals surface area contributed by atoms with Gasteiger partial charge in [0.05, 0.1) is 12.8 Å². The maximum absolute atomic E-state index is 12.8. The van der Waals surface area contributed by atoms with Crippen molar-refractivity contribution in [3.63, 3.8) is 0 Å². The third-order valence-electron chi connectivity index (χ3n) is 2.90. The number of nitrogens with zero attached hydrogens (tertiary/aromatic N) is 1. The standard InChI is InChI=1S/C15H12FNO3/c1-18-13-7-15-14(19-9-20-15)6-10(13)8-17-12-4-2-11(16)3-5-12/h2-8H,9H2,1H3. The van der Waals surface area contributed by atoms with Gasteiger partial charge in [0.15, 0.2) is 11.5 Å². The summed E-state index contributed by atoms with van der Waals surface area (Å²) in [5.41, 5.74) is 1.42. The number of ether oxygens (including phenoxy) is 3. The van der Waals surface area contributed by atoms with Crippen LogP contribution in [0.25, 0.3) is 0 Å². The van der Waals surface area contributed by atoms with Crippen LogP contribution in [-0.2, 0) is 0 Å². The van der Waals surface area contributed by atoms with Gasteiger partial charge in [-0.15, -0.1) is 0 Å². The fraction of sp³-hybridized carbons (Fsp3) is 0.133. The third-order valence-corrected chi connectivity index (χ3v) is 2.90. The highest BCUT2D eigenvalue weighted by atomic mass is 19.1. The zero-order valence-electron chi connectivity index (χ0n) is 10.8. The summed E-state index contributed by atoms with van der Waals surface area (Å²) >= 11 is 0. The Morgan fingerprint density at radius 1 is 1.15 bits per heavy atom. The van der Waals surface area contributed by atoms with E-state index in [1.807, 2.05) is 0 Å². The number of hydrogen-bond donors (Lipinski definition) is 0. The molecule has 0 saturated carbocycles. The number of hydrogen-bond acceptors (Lipinski definition) is 4. The summed E-state index contributed by atoms with van der Waals surface area (Å²) in [5, 5.41) is 0. The molecule has 0 saturated heterocycles. The van der Waals surface area contributed by atoms with Crippen LogP contribution in [0.3, 0.4) is 0 Å². The van der Waals surface area contributed by atoms with Crippen LogP contribution < -0.4 is 14.2 Å². The maximum Gasteiger partial charge on any atom is 0.231 e. The number of aliphatic imine (C=N–C) groups is 1. The predicted molar refractivity (Wildman–Crippen MR) is 72.8 cm³/mol. The van der Waals surface area contributed by atoms with Crippen LogP contribution in [0.5, 0.6) is 17.2 Å². The molecule has 2 aromatic rings. The van der Waals surface area contributed by atoms with E-state index >= 15 is 0 Å². The first kappa shape index (κ1) is 12.5. The van der Waals surface area contributed by atoms with Gasteiger partial charge in [0.2, 0.25) is 6.79 Å². The lowest BCUT2D eigenvalue weighted by molar-refractivity contribution is 0.174. The molecule has 0 spiro atoms. The van der Waals surface area contributed by atoms with E-state index in [-0.39, 0.29) is 12.6 Å². The van der Waals surface area contributed by atoms with E-state index in [9.17, 15) is 4.39 Å². The van der Waals surface area contributed by atoms with Gasteiger partial charge in [-0.3, -0.25) is 4.99 Å². The van der Waals surface area contributed by atoms with Crippen LogP contribution in [-0.4, -0.2) is 20.1 Å². The number of halogens is 1. The minimum Gasteiger partial charge on any atom is -0.496 e. The summed E-state index contributed by atoms with van der Waals surface area (Å²) in [6.07, 6.45) is 1.65. The normalized spacial score (nSPS) is 12.9. The van der Waals surface area contributed by atoms with Crippen molar-refractivity contribution < 1.29 is 18.6 Å². The van der Waals surface area contributed by atoms with Gasteiger partial charge >= 0.3 is 0 Å². The molecule has 0 radical (unpaired) electrons. The molecule has 0 aromatic heterocycles. The van der Waals surface area contributed by atoms with Gasteiger partial charge in [-0.25, -0.2) is 4.39 Å². The molecule has 1 aliphatic heterocycles. The molecule has 102 valence electrons. The summed E-state index contributed by atoms with van der Waals surface area (Å²) in [5.74, 6) is 1.66. The summed E-state index contributed by atoms with van der Waals surface area (Å²) in [4.78, 5) is 4.28. The molecule has 0 atom stereocenters. The highest BCUT2D eigenvalue weighted by Gasteiger charge is 2.16. The lowest BCUT2D eigenvalue weighted by Gasteiger charge is -2.06. The smallest absolute Gasteiger partial charge is 0.231 e. The van der Waals surface area contributed by atoms with Crippen LogP contribution >= 0.6 is 0 Å². The first-order chi connectivity index (χ1) is 9.76. The number of methoxy groups -OCH3 is 1. The van der Waals surface area contributed by atoms with Gasteiger partial charge in [0, 0.05) is 17.8 Å². The lowest BCUT2D eigenvalue weighted by Crippen LogP contribution is -1.92. The molecule has 0 bridgehead atoms. The fourth-order valence-corrected chi connectivity index (χ4v) is 1.89. The van der Waals surface area contributed by atoms with E-state index in [1.54, 1.807) is 37.6 Å². The van der Waals surface area contributed by atoms with E-state index in [0.717, 1.165) is 5.56 Å². The summed E-state index contributed by atoms with van der Waals surface area (Å²) < 4.78 is 28.7. The average molecular weight is 273 g/mol. The highest BCUT2D eigenvalue weighted by molar-refractivity contribution is 5.87. The fourth-order valence-electron chi connectivity index (χ4n) is 1.89. The number of fused-ring (bicyclic) bond motifs is 1. The van der Waals surface area contributed by atoms with E-state index in [2.05, 4.69) is 4.99 Å². The Morgan fingerprint density at radius 3 is 2.55 bits per heavy atom. The van der Waals surface area contributed by atoms with Gasteiger partial charge in [0.25, 0.3) is 0 Å². The second-order valence-corrected chi connectivity index (χ2v) is 4.18. The first-order valence-corrected chi connectivity index (χ1v) is 6.03. The van der Waals surface area contributed by atoms with Crippen molar-refractivity contribution in [3.05, 3.63) is 47.8 Å². The van der Waals surface area contributed by atoms with Gasteiger partial charge in [-0.2, -0.15) is 0 Å². The molecule has 1 heterocycles. The second-order valence-electron chi connectivity index (χ2n) is 4.18. The molecule has 0 amide bonds. The number of benzene rings is 2. The largest absolute Gasteiger partial charge is 0.496 e. The third kappa shape index (κ3) is 2.42. The quantitative estimate of drug-likeness (QED) is 0.805. The van der Waals surface area contributed by atoms with Crippen LogP contribution in [0, 0.1) is 5.82 Å². The van der Waals surface area contributed by atoms with Crippen molar-refractivity contribution >= 4 is 11.9 Å². The zero-order valence-corrected chi connectivity index (χ0v) is 10.8. The Balaban J connectivity index is 1.91. The van der Waals surface area contributed by atoms with Crippen LogP contribution in [0.15, 0.2) is 41.4 Å². The first-order valence-electron chi connectivity index (χ1n) is 6.03. The van der Waals surface area contributed by atoms with Crippen LogP contribution in [0.1, 0.15) is 5.56 Å². The van der Waals surface area contributed by atoms with Crippen molar-refractivity contribution in [1.82, 2.24) is 0 Å². The minimum atomic E-state index is -0.287. The molecule has 5 heteroatoms. The molecule has 0 aliphatic carbocycles. The Bertz CT molecular complexity index is 653. The highest BCUT2D eigenvalue weighted by Crippen LogP contribution is 2.37. The van der Waals surface area contributed by atoms with Crippen molar-refractivity contribution in [2.24, 2.45) is 4.99 Å². The summed E-state index contributed by atoms with van der Waals surface area (Å²) in [6, 6.07) is 9.49.